The van der Waals surface area contributed by atoms with Crippen LogP contribution in [0.15, 0.2) is 12.4 Å². The van der Waals surface area contributed by atoms with Gasteiger partial charge in [0.15, 0.2) is 0 Å². The Labute approximate surface area is 88.8 Å². The van der Waals surface area contributed by atoms with Gasteiger partial charge in [-0.25, -0.2) is 0 Å². The number of anilines is 1. The van der Waals surface area contributed by atoms with Crippen LogP contribution in [0.3, 0.4) is 0 Å². The predicted molar refractivity (Wildman–Crippen MR) is 57.4 cm³/mol. The number of hydrogen-bond acceptors (Lipinski definition) is 3. The van der Waals surface area contributed by atoms with Crippen molar-refractivity contribution >= 4 is 11.6 Å². The lowest BCUT2D eigenvalue weighted by molar-refractivity contribution is -0.120. The highest BCUT2D eigenvalue weighted by Gasteiger charge is 2.29. The molecule has 0 unspecified atom stereocenters. The quantitative estimate of drug-likeness (QED) is 0.730. The average Bonchev–Trinajstić information content (AvgIpc) is 2.75. The van der Waals surface area contributed by atoms with E-state index in [1.54, 1.807) is 17.1 Å². The van der Waals surface area contributed by atoms with Crippen LogP contribution in [0.5, 0.6) is 0 Å². The molecule has 1 aromatic rings. The standard InChI is InChI=1S/C10H16N4O/c1-7-3-11-5-9(7)10(15)13-8-4-12-14(2)6-8/h4,6-7,9,11H,3,5H2,1-2H3,(H,13,15)/t7-,9-/m1/s1. The number of aromatic nitrogens is 2. The van der Waals surface area contributed by atoms with E-state index in [9.17, 15) is 4.79 Å². The van der Waals surface area contributed by atoms with Gasteiger partial charge in [0.25, 0.3) is 0 Å². The molecule has 0 aromatic carbocycles. The average molecular weight is 208 g/mol. The van der Waals surface area contributed by atoms with Crippen LogP contribution >= 0.6 is 0 Å². The van der Waals surface area contributed by atoms with E-state index in [1.807, 2.05) is 7.05 Å². The fourth-order valence-corrected chi connectivity index (χ4v) is 1.88. The monoisotopic (exact) mass is 208 g/mol. The lowest BCUT2D eigenvalue weighted by atomic mass is 9.97. The maximum Gasteiger partial charge on any atom is 0.229 e. The zero-order valence-electron chi connectivity index (χ0n) is 9.03. The summed E-state index contributed by atoms with van der Waals surface area (Å²) < 4.78 is 1.67. The number of amides is 1. The zero-order valence-corrected chi connectivity index (χ0v) is 9.03. The largest absolute Gasteiger partial charge is 0.323 e. The lowest BCUT2D eigenvalue weighted by Gasteiger charge is -2.12. The Balaban J connectivity index is 1.97. The summed E-state index contributed by atoms with van der Waals surface area (Å²) in [6, 6.07) is 0. The summed E-state index contributed by atoms with van der Waals surface area (Å²) in [4.78, 5) is 11.8. The van der Waals surface area contributed by atoms with Gasteiger partial charge in [-0.15, -0.1) is 0 Å². The molecule has 2 atom stereocenters. The first-order valence-electron chi connectivity index (χ1n) is 5.17. The van der Waals surface area contributed by atoms with Crippen LogP contribution < -0.4 is 10.6 Å². The van der Waals surface area contributed by atoms with Gasteiger partial charge in [0.05, 0.1) is 17.8 Å². The Kier molecular flexibility index (Phi) is 2.73. The number of nitrogens with zero attached hydrogens (tertiary/aromatic N) is 2. The van der Waals surface area contributed by atoms with Gasteiger partial charge >= 0.3 is 0 Å². The molecule has 0 bridgehead atoms. The van der Waals surface area contributed by atoms with E-state index in [2.05, 4.69) is 22.7 Å². The van der Waals surface area contributed by atoms with Gasteiger partial charge in [0.2, 0.25) is 5.91 Å². The van der Waals surface area contributed by atoms with Gasteiger partial charge in [-0.2, -0.15) is 5.10 Å². The maximum absolute atomic E-state index is 11.8. The molecular formula is C10H16N4O. The van der Waals surface area contributed by atoms with Crippen LogP contribution in [-0.4, -0.2) is 28.8 Å². The first-order valence-corrected chi connectivity index (χ1v) is 5.17. The molecule has 0 radical (unpaired) electrons. The van der Waals surface area contributed by atoms with Gasteiger partial charge in [0.1, 0.15) is 0 Å². The summed E-state index contributed by atoms with van der Waals surface area (Å²) in [5.74, 6) is 0.562. The molecule has 2 heterocycles. The predicted octanol–water partition coefficient (Wildman–Crippen LogP) is 0.214. The fraction of sp³-hybridized carbons (Fsp3) is 0.600. The summed E-state index contributed by atoms with van der Waals surface area (Å²) in [5, 5.41) is 10.1. The molecule has 1 aliphatic heterocycles. The summed E-state index contributed by atoms with van der Waals surface area (Å²) >= 11 is 0. The third kappa shape index (κ3) is 2.18. The Morgan fingerprint density at radius 2 is 2.47 bits per heavy atom. The number of rotatable bonds is 2. The molecule has 5 heteroatoms. The first-order chi connectivity index (χ1) is 7.16. The van der Waals surface area contributed by atoms with E-state index in [-0.39, 0.29) is 11.8 Å². The summed E-state index contributed by atoms with van der Waals surface area (Å²) in [6.07, 6.45) is 3.45. The maximum atomic E-state index is 11.8. The molecule has 1 aliphatic rings. The molecule has 2 rings (SSSR count). The van der Waals surface area contributed by atoms with Crippen molar-refractivity contribution in [1.29, 1.82) is 0 Å². The molecule has 82 valence electrons. The smallest absolute Gasteiger partial charge is 0.229 e. The molecule has 1 fully saturated rings. The van der Waals surface area contributed by atoms with Crippen LogP contribution in [0.1, 0.15) is 6.92 Å². The van der Waals surface area contributed by atoms with Crippen LogP contribution in [0.25, 0.3) is 0 Å². The lowest BCUT2D eigenvalue weighted by Crippen LogP contribution is -2.27. The van der Waals surface area contributed by atoms with Gasteiger partial charge in [0, 0.05) is 19.8 Å². The van der Waals surface area contributed by atoms with Crippen molar-refractivity contribution in [1.82, 2.24) is 15.1 Å². The first kappa shape index (κ1) is 10.2. The van der Waals surface area contributed by atoms with Crippen LogP contribution in [0.4, 0.5) is 5.69 Å². The number of aryl methyl sites for hydroxylation is 1. The van der Waals surface area contributed by atoms with Gasteiger partial charge in [-0.1, -0.05) is 6.92 Å². The van der Waals surface area contributed by atoms with Crippen molar-refractivity contribution in [2.24, 2.45) is 18.9 Å². The third-order valence-electron chi connectivity index (χ3n) is 2.83. The number of hydrogen-bond donors (Lipinski definition) is 2. The highest BCUT2D eigenvalue weighted by Crippen LogP contribution is 2.17. The van der Waals surface area contributed by atoms with Gasteiger partial charge in [-0.3, -0.25) is 9.48 Å². The van der Waals surface area contributed by atoms with Gasteiger partial charge in [-0.05, 0) is 12.5 Å². The number of carbonyl (C=O) groups is 1. The molecular weight excluding hydrogens is 192 g/mol. The summed E-state index contributed by atoms with van der Waals surface area (Å²) in [5.41, 5.74) is 0.765. The Morgan fingerprint density at radius 3 is 3.00 bits per heavy atom. The minimum atomic E-state index is 0.0743. The zero-order chi connectivity index (χ0) is 10.8. The third-order valence-corrected chi connectivity index (χ3v) is 2.83. The van der Waals surface area contributed by atoms with E-state index < -0.39 is 0 Å². The molecule has 5 nitrogen and oxygen atoms in total. The topological polar surface area (TPSA) is 59.0 Å². The van der Waals surface area contributed by atoms with Crippen LogP contribution in [0.2, 0.25) is 0 Å². The van der Waals surface area contributed by atoms with E-state index >= 15 is 0 Å². The SMILES string of the molecule is C[C@@H]1CNC[C@H]1C(=O)Nc1cnn(C)c1. The van der Waals surface area contributed by atoms with Crippen molar-refractivity contribution in [2.75, 3.05) is 18.4 Å². The minimum Gasteiger partial charge on any atom is -0.323 e. The molecule has 0 spiro atoms. The molecule has 2 N–H and O–H groups in total. The number of carbonyl (C=O) groups excluding carboxylic acids is 1. The Bertz CT molecular complexity index is 360. The van der Waals surface area contributed by atoms with E-state index in [0.29, 0.717) is 5.92 Å². The van der Waals surface area contributed by atoms with Crippen molar-refractivity contribution in [3.8, 4) is 0 Å². The van der Waals surface area contributed by atoms with Crippen molar-refractivity contribution in [3.63, 3.8) is 0 Å². The van der Waals surface area contributed by atoms with E-state index in [0.717, 1.165) is 18.8 Å². The molecule has 0 saturated carbocycles. The fourth-order valence-electron chi connectivity index (χ4n) is 1.88. The molecule has 1 amide bonds. The second kappa shape index (κ2) is 4.02. The highest BCUT2D eigenvalue weighted by atomic mass is 16.2. The summed E-state index contributed by atoms with van der Waals surface area (Å²) in [7, 11) is 1.83. The number of nitrogens with one attached hydrogen (secondary N) is 2. The highest BCUT2D eigenvalue weighted by molar-refractivity contribution is 5.92. The van der Waals surface area contributed by atoms with Crippen LogP contribution in [-0.2, 0) is 11.8 Å². The van der Waals surface area contributed by atoms with Crippen molar-refractivity contribution in [2.45, 2.75) is 6.92 Å². The molecule has 1 saturated heterocycles. The minimum absolute atomic E-state index is 0.0743. The Morgan fingerprint density at radius 1 is 1.67 bits per heavy atom. The second-order valence-corrected chi connectivity index (χ2v) is 4.13. The normalized spacial score (nSPS) is 25.5. The van der Waals surface area contributed by atoms with Crippen molar-refractivity contribution in [3.05, 3.63) is 12.4 Å². The Hall–Kier alpha value is -1.36. The molecule has 15 heavy (non-hydrogen) atoms. The van der Waals surface area contributed by atoms with E-state index in [4.69, 9.17) is 0 Å². The second-order valence-electron chi connectivity index (χ2n) is 4.13. The molecule has 0 aliphatic carbocycles. The molecule has 1 aromatic heterocycles. The summed E-state index contributed by atoms with van der Waals surface area (Å²) in [6.45, 7) is 3.78. The van der Waals surface area contributed by atoms with Gasteiger partial charge < -0.3 is 10.6 Å². The van der Waals surface area contributed by atoms with Crippen LogP contribution in [0, 0.1) is 11.8 Å². The van der Waals surface area contributed by atoms with Crippen molar-refractivity contribution < 1.29 is 4.79 Å². The van der Waals surface area contributed by atoms with E-state index in [1.165, 1.54) is 0 Å².